The van der Waals surface area contributed by atoms with E-state index < -0.39 is 120 Å². The number of aliphatic carboxylic acids is 2. The molecule has 0 aliphatic carbocycles. The van der Waals surface area contributed by atoms with Crippen LogP contribution in [0.1, 0.15) is 86.1 Å². The average molecular weight is 981 g/mol. The van der Waals surface area contributed by atoms with E-state index in [9.17, 15) is 53.4 Å². The quantitative estimate of drug-likeness (QED) is 0.0370. The maximum absolute atomic E-state index is 14.3. The third-order valence-electron chi connectivity index (χ3n) is 11.5. The summed E-state index contributed by atoms with van der Waals surface area (Å²) < 4.78 is 5.81. The number of guanidine groups is 1. The third-order valence-corrected chi connectivity index (χ3v) is 11.5. The summed E-state index contributed by atoms with van der Waals surface area (Å²) in [4.78, 5) is 124. The summed E-state index contributed by atoms with van der Waals surface area (Å²) in [5.41, 5.74) is 12.3. The third kappa shape index (κ3) is 20.2. The van der Waals surface area contributed by atoms with Crippen LogP contribution in [0.4, 0.5) is 0 Å². The summed E-state index contributed by atoms with van der Waals surface area (Å²) in [6.07, 6.45) is 4.59. The zero-order valence-corrected chi connectivity index (χ0v) is 41.2. The predicted octanol–water partition coefficient (Wildman–Crippen LogP) is 0.276. The van der Waals surface area contributed by atoms with Crippen molar-refractivity contribution in [2.75, 3.05) is 13.7 Å². The number of carboxylic acids is 2. The highest BCUT2D eigenvalue weighted by Crippen LogP contribution is 2.19. The summed E-state index contributed by atoms with van der Waals surface area (Å²) in [7, 11) is 1.61. The van der Waals surface area contributed by atoms with Crippen LogP contribution < -0.4 is 48.7 Å². The first kappa shape index (κ1) is 59.0. The van der Waals surface area contributed by atoms with E-state index in [1.165, 1.54) is 26.8 Å². The van der Waals surface area contributed by atoms with Gasteiger partial charge >= 0.3 is 11.9 Å². The van der Waals surface area contributed by atoms with Gasteiger partial charge in [-0.15, -0.1) is 0 Å². The summed E-state index contributed by atoms with van der Waals surface area (Å²) >= 11 is 0. The highest BCUT2D eigenvalue weighted by Gasteiger charge is 2.37. The second-order valence-corrected chi connectivity index (χ2v) is 17.9. The van der Waals surface area contributed by atoms with Gasteiger partial charge in [-0.25, -0.2) is 9.59 Å². The Bertz CT molecular complexity index is 2120. The zero-order valence-electron chi connectivity index (χ0n) is 41.2. The van der Waals surface area contributed by atoms with Gasteiger partial charge in [-0.2, -0.15) is 0 Å². The van der Waals surface area contributed by atoms with Crippen molar-refractivity contribution in [2.24, 2.45) is 40.1 Å². The number of amides is 7. The first-order chi connectivity index (χ1) is 32.8. The number of nitrogens with two attached hydrogens (primary N) is 2. The average Bonchev–Trinajstić information content (AvgIpc) is 3.29. The van der Waals surface area contributed by atoms with Gasteiger partial charge in [-0.1, -0.05) is 95.3 Å². The monoisotopic (exact) mass is 981 g/mol. The lowest BCUT2D eigenvalue weighted by atomic mass is 9.94. The van der Waals surface area contributed by atoms with Gasteiger partial charge in [-0.3, -0.25) is 38.6 Å². The van der Waals surface area contributed by atoms with Crippen molar-refractivity contribution in [1.82, 2.24) is 37.2 Å². The van der Waals surface area contributed by atoms with Crippen molar-refractivity contribution in [2.45, 2.75) is 129 Å². The van der Waals surface area contributed by atoms with Gasteiger partial charge in [0.25, 0.3) is 5.91 Å². The van der Waals surface area contributed by atoms with Crippen LogP contribution in [0.2, 0.25) is 0 Å². The Morgan fingerprint density at radius 1 is 0.829 bits per heavy atom. The molecule has 7 amide bonds. The van der Waals surface area contributed by atoms with Gasteiger partial charge in [0.1, 0.15) is 30.2 Å². The molecule has 1 saturated heterocycles. The molecule has 0 aromatic heterocycles. The van der Waals surface area contributed by atoms with Gasteiger partial charge in [0.05, 0.1) is 29.7 Å². The molecule has 2 rings (SSSR count). The number of hydrogen-bond acceptors (Lipinski definition) is 11. The van der Waals surface area contributed by atoms with Crippen LogP contribution in [0.5, 0.6) is 0 Å². The standard InChI is InChI=1S/C48H72N10O12/c1-25(2)22-36-45(65)58-39(47(68)69)29(6)41(61)55-34(16-13-21-51-48(49)50)44(64)54-33(18-17-26(3)23-27(4)37(70-9)24-32-14-11-10-12-15-32)28(5)40(60)56-35(46(66)67)19-20-38(59)52-30(7)42(62)53-31(8)43(63)57-36/h10-12,14-15,17-18,23,25,27-29,31,33-37,39H,7,13,16,19-22,24H2,1-6,8-9H3,(H,52,59)(H,53,62)(H,54,64)(H,55,61)(H,56,60)(H,57,63)(H,58,65)(H,66,67)(H,68,69)(H4,49,50,51). The number of aliphatic imine (C=N–C) groups is 1. The molecular formula is C48H72N10O12. The number of carboxylic acid groups (broad SMARTS) is 2. The molecule has 1 aromatic rings. The molecule has 10 unspecified atom stereocenters. The number of hydrogen-bond donors (Lipinski definition) is 11. The van der Waals surface area contributed by atoms with Crippen LogP contribution in [-0.4, -0.2) is 125 Å². The summed E-state index contributed by atoms with van der Waals surface area (Å²) in [6, 6.07) is 0.990. The summed E-state index contributed by atoms with van der Waals surface area (Å²) in [5, 5.41) is 37.5. The van der Waals surface area contributed by atoms with Crippen LogP contribution in [0.25, 0.3) is 0 Å². The fraction of sp³-hybridized carbons (Fsp3) is 0.542. The number of nitrogens with zero attached hydrogens (tertiary/aromatic N) is 1. The molecule has 0 bridgehead atoms. The molecule has 70 heavy (non-hydrogen) atoms. The Kier molecular flexibility index (Phi) is 24.5. The van der Waals surface area contributed by atoms with Gasteiger partial charge < -0.3 is 63.6 Å². The fourth-order valence-electron chi connectivity index (χ4n) is 7.28. The fourth-order valence-corrected chi connectivity index (χ4v) is 7.28. The molecule has 10 atom stereocenters. The molecule has 22 heteroatoms. The van der Waals surface area contributed by atoms with Gasteiger partial charge in [0.2, 0.25) is 35.4 Å². The molecule has 0 radical (unpaired) electrons. The molecular weight excluding hydrogens is 909 g/mol. The molecule has 22 nitrogen and oxygen atoms in total. The van der Waals surface area contributed by atoms with E-state index >= 15 is 0 Å². The van der Waals surface area contributed by atoms with Crippen LogP contribution in [0, 0.1) is 23.7 Å². The maximum Gasteiger partial charge on any atom is 0.327 e. The van der Waals surface area contributed by atoms with Crippen LogP contribution in [0.15, 0.2) is 71.4 Å². The highest BCUT2D eigenvalue weighted by atomic mass is 16.5. The molecule has 13 N–H and O–H groups in total. The Morgan fingerprint density at radius 3 is 2.03 bits per heavy atom. The number of carbonyl (C=O) groups is 9. The molecule has 1 aliphatic heterocycles. The first-order valence-electron chi connectivity index (χ1n) is 23.1. The van der Waals surface area contributed by atoms with E-state index in [0.717, 1.165) is 5.56 Å². The minimum Gasteiger partial charge on any atom is -0.480 e. The molecule has 1 aromatic carbocycles. The lowest BCUT2D eigenvalue weighted by Gasteiger charge is -2.28. The van der Waals surface area contributed by atoms with Gasteiger partial charge in [0, 0.05) is 26.0 Å². The van der Waals surface area contributed by atoms with Gasteiger partial charge in [-0.05, 0) is 57.4 Å². The van der Waals surface area contributed by atoms with E-state index in [1.54, 1.807) is 34.0 Å². The molecule has 0 spiro atoms. The van der Waals surface area contributed by atoms with Crippen molar-refractivity contribution in [3.63, 3.8) is 0 Å². The molecule has 1 fully saturated rings. The lowest BCUT2D eigenvalue weighted by Crippen LogP contribution is -2.59. The Morgan fingerprint density at radius 2 is 1.44 bits per heavy atom. The van der Waals surface area contributed by atoms with E-state index in [1.807, 2.05) is 43.3 Å². The Hall–Kier alpha value is -7.10. The van der Waals surface area contributed by atoms with Crippen LogP contribution in [0.3, 0.4) is 0 Å². The van der Waals surface area contributed by atoms with Crippen molar-refractivity contribution in [1.29, 1.82) is 0 Å². The second kappa shape index (κ2) is 29.0. The minimum absolute atomic E-state index is 0.00493. The molecule has 386 valence electrons. The van der Waals surface area contributed by atoms with Crippen molar-refractivity contribution in [3.8, 4) is 0 Å². The molecule has 1 heterocycles. The van der Waals surface area contributed by atoms with Gasteiger partial charge in [0.15, 0.2) is 5.96 Å². The lowest BCUT2D eigenvalue weighted by molar-refractivity contribution is -0.146. The normalized spacial score (nSPS) is 25.4. The molecule has 0 saturated carbocycles. The second-order valence-electron chi connectivity index (χ2n) is 17.9. The molecule has 1 aliphatic rings. The number of ether oxygens (including phenoxy) is 1. The topological polar surface area (TPSA) is 352 Å². The van der Waals surface area contributed by atoms with E-state index in [4.69, 9.17) is 16.2 Å². The summed E-state index contributed by atoms with van der Waals surface area (Å²) in [6.45, 7) is 14.7. The van der Waals surface area contributed by atoms with Crippen molar-refractivity contribution >= 4 is 59.2 Å². The van der Waals surface area contributed by atoms with Crippen molar-refractivity contribution in [3.05, 3.63) is 72.0 Å². The predicted molar refractivity (Wildman–Crippen MR) is 260 cm³/mol. The Balaban J connectivity index is 2.70. The van der Waals surface area contributed by atoms with Crippen molar-refractivity contribution < 1.29 is 58.1 Å². The first-order valence-corrected chi connectivity index (χ1v) is 23.1. The largest absolute Gasteiger partial charge is 0.480 e. The number of nitrogens with one attached hydrogen (secondary N) is 7. The minimum atomic E-state index is -1.88. The summed E-state index contributed by atoms with van der Waals surface area (Å²) in [5.74, 6) is -12.7. The highest BCUT2D eigenvalue weighted by molar-refractivity contribution is 6.00. The number of allylic oxidation sites excluding steroid dienone is 2. The number of rotatable bonds is 15. The number of methoxy groups -OCH3 is 1. The smallest absolute Gasteiger partial charge is 0.327 e. The number of benzene rings is 1. The number of carbonyl (C=O) groups excluding carboxylic acids is 7. The Labute approximate surface area is 408 Å². The maximum atomic E-state index is 14.3. The van der Waals surface area contributed by atoms with E-state index in [0.29, 0.717) is 12.0 Å². The van der Waals surface area contributed by atoms with Crippen LogP contribution >= 0.6 is 0 Å². The van der Waals surface area contributed by atoms with E-state index in [-0.39, 0.29) is 49.7 Å². The van der Waals surface area contributed by atoms with E-state index in [2.05, 4.69) is 48.8 Å². The SMILES string of the molecule is C=C1NC(=O)CCC(C(=O)O)NC(=O)C(C)C(C=CC(C)=CC(C)C(Cc2ccccc2)OC)NC(=O)C(CCCN=C(N)N)NC(=O)C(C)C(C(=O)O)NC(=O)C(CC(C)C)NC(=O)C(C)NC1=O. The zero-order chi connectivity index (χ0) is 52.8. The van der Waals surface area contributed by atoms with Crippen LogP contribution in [-0.2, 0) is 54.3 Å².